The normalized spacial score (nSPS) is 19.0. The van der Waals surface area contributed by atoms with Crippen LogP contribution in [0.2, 0.25) is 0 Å². The van der Waals surface area contributed by atoms with Crippen molar-refractivity contribution in [1.82, 2.24) is 4.90 Å². The van der Waals surface area contributed by atoms with Gasteiger partial charge in [0.15, 0.2) is 0 Å². The second kappa shape index (κ2) is 7.83. The molecule has 0 unspecified atom stereocenters. The lowest BCUT2D eigenvalue weighted by Gasteiger charge is -2.32. The van der Waals surface area contributed by atoms with Gasteiger partial charge in [-0.05, 0) is 18.2 Å². The minimum atomic E-state index is -0.472. The van der Waals surface area contributed by atoms with Crippen LogP contribution >= 0.6 is 0 Å². The number of fused-ring (bicyclic) bond motifs is 1. The smallest absolute Gasteiger partial charge is 0.339 e. The van der Waals surface area contributed by atoms with Gasteiger partial charge < -0.3 is 14.5 Å². The number of cyclic esters (lactones) is 1. The number of benzene rings is 2. The SMILES string of the molecule is N#Cc1ccc(C[NH+]2CCN(C(=O)C[C@@H]3OC(=O)c4ccccc43)CC2)cc1. The summed E-state index contributed by atoms with van der Waals surface area (Å²) in [6.07, 6.45) is -0.270. The van der Waals surface area contributed by atoms with E-state index in [1.165, 1.54) is 10.5 Å². The fourth-order valence-electron chi connectivity index (χ4n) is 3.89. The lowest BCUT2D eigenvalue weighted by molar-refractivity contribution is -0.917. The van der Waals surface area contributed by atoms with E-state index in [0.717, 1.165) is 25.2 Å². The van der Waals surface area contributed by atoms with Crippen LogP contribution in [0.3, 0.4) is 0 Å². The monoisotopic (exact) mass is 376 g/mol. The second-order valence-electron chi connectivity index (χ2n) is 7.30. The van der Waals surface area contributed by atoms with Crippen molar-refractivity contribution in [3.63, 3.8) is 0 Å². The highest BCUT2D eigenvalue weighted by atomic mass is 16.5. The summed E-state index contributed by atoms with van der Waals surface area (Å²) in [4.78, 5) is 27.9. The minimum absolute atomic E-state index is 0.0342. The number of amides is 1. The molecule has 2 aromatic rings. The maximum absolute atomic E-state index is 12.7. The van der Waals surface area contributed by atoms with E-state index in [-0.39, 0.29) is 18.3 Å². The number of ether oxygens (including phenoxy) is 1. The lowest BCUT2D eigenvalue weighted by atomic mass is 10.0. The van der Waals surface area contributed by atoms with E-state index in [4.69, 9.17) is 10.00 Å². The molecule has 4 rings (SSSR count). The van der Waals surface area contributed by atoms with Crippen LogP contribution < -0.4 is 4.90 Å². The molecule has 0 bridgehead atoms. The van der Waals surface area contributed by atoms with Crippen molar-refractivity contribution >= 4 is 11.9 Å². The zero-order valence-corrected chi connectivity index (χ0v) is 15.6. The molecule has 0 aromatic heterocycles. The molecule has 2 aliphatic heterocycles. The average molecular weight is 376 g/mol. The first-order valence-corrected chi connectivity index (χ1v) is 9.54. The van der Waals surface area contributed by atoms with Gasteiger partial charge in [-0.3, -0.25) is 4.79 Å². The second-order valence-corrected chi connectivity index (χ2v) is 7.30. The Hall–Kier alpha value is -3.17. The molecule has 0 spiro atoms. The number of piperazine rings is 1. The van der Waals surface area contributed by atoms with Crippen molar-refractivity contribution in [2.45, 2.75) is 19.1 Å². The highest BCUT2D eigenvalue weighted by molar-refractivity contribution is 5.94. The van der Waals surface area contributed by atoms with Crippen LogP contribution in [0.25, 0.3) is 0 Å². The topological polar surface area (TPSA) is 74.8 Å². The van der Waals surface area contributed by atoms with Crippen molar-refractivity contribution in [3.8, 4) is 6.07 Å². The number of nitrogens with one attached hydrogen (secondary N) is 1. The molecular formula is C22H22N3O3+. The number of quaternary nitrogens is 1. The first kappa shape index (κ1) is 18.2. The molecule has 6 nitrogen and oxygen atoms in total. The van der Waals surface area contributed by atoms with Gasteiger partial charge in [0.2, 0.25) is 5.91 Å². The van der Waals surface area contributed by atoms with E-state index in [9.17, 15) is 9.59 Å². The minimum Gasteiger partial charge on any atom is -0.453 e. The molecule has 1 fully saturated rings. The summed E-state index contributed by atoms with van der Waals surface area (Å²) in [7, 11) is 0. The predicted molar refractivity (Wildman–Crippen MR) is 101 cm³/mol. The quantitative estimate of drug-likeness (QED) is 0.811. The molecule has 2 aromatic carbocycles. The molecule has 1 N–H and O–H groups in total. The first-order valence-electron chi connectivity index (χ1n) is 9.54. The predicted octanol–water partition coefficient (Wildman–Crippen LogP) is 1.09. The van der Waals surface area contributed by atoms with E-state index in [1.807, 2.05) is 41.3 Å². The lowest BCUT2D eigenvalue weighted by Crippen LogP contribution is -3.13. The fourth-order valence-corrected chi connectivity index (χ4v) is 3.89. The maximum atomic E-state index is 12.7. The first-order chi connectivity index (χ1) is 13.6. The Morgan fingerprint density at radius 1 is 1.14 bits per heavy atom. The molecule has 2 aliphatic rings. The summed E-state index contributed by atoms with van der Waals surface area (Å²) in [5.74, 6) is -0.308. The van der Waals surface area contributed by atoms with E-state index in [0.29, 0.717) is 24.2 Å². The molecule has 1 atom stereocenters. The third-order valence-electron chi connectivity index (χ3n) is 5.50. The summed E-state index contributed by atoms with van der Waals surface area (Å²) < 4.78 is 5.40. The molecule has 0 saturated carbocycles. The third-order valence-corrected chi connectivity index (χ3v) is 5.50. The van der Waals surface area contributed by atoms with Gasteiger partial charge in [-0.15, -0.1) is 0 Å². The summed E-state index contributed by atoms with van der Waals surface area (Å²) in [6.45, 7) is 4.06. The van der Waals surface area contributed by atoms with E-state index in [1.54, 1.807) is 12.1 Å². The Morgan fingerprint density at radius 2 is 1.86 bits per heavy atom. The molecule has 1 saturated heterocycles. The highest BCUT2D eigenvalue weighted by Crippen LogP contribution is 2.33. The summed E-state index contributed by atoms with van der Waals surface area (Å²) in [5, 5.41) is 8.88. The number of rotatable bonds is 4. The van der Waals surface area contributed by atoms with Crippen molar-refractivity contribution in [2.75, 3.05) is 26.2 Å². The van der Waals surface area contributed by atoms with Gasteiger partial charge in [-0.2, -0.15) is 5.26 Å². The van der Waals surface area contributed by atoms with Gasteiger partial charge >= 0.3 is 5.97 Å². The van der Waals surface area contributed by atoms with Crippen molar-refractivity contribution in [3.05, 3.63) is 70.8 Å². The van der Waals surface area contributed by atoms with E-state index in [2.05, 4.69) is 6.07 Å². The van der Waals surface area contributed by atoms with Gasteiger partial charge in [-0.25, -0.2) is 4.79 Å². The van der Waals surface area contributed by atoms with Crippen LogP contribution in [0, 0.1) is 11.3 Å². The van der Waals surface area contributed by atoms with Crippen molar-refractivity contribution in [2.24, 2.45) is 0 Å². The largest absolute Gasteiger partial charge is 0.453 e. The number of hydrogen-bond donors (Lipinski definition) is 1. The summed E-state index contributed by atoms with van der Waals surface area (Å²) >= 11 is 0. The molecule has 28 heavy (non-hydrogen) atoms. The van der Waals surface area contributed by atoms with E-state index < -0.39 is 6.10 Å². The van der Waals surface area contributed by atoms with Gasteiger partial charge in [0.25, 0.3) is 0 Å². The van der Waals surface area contributed by atoms with Crippen LogP contribution in [0.1, 0.15) is 39.6 Å². The zero-order chi connectivity index (χ0) is 19.5. The molecule has 6 heteroatoms. The van der Waals surface area contributed by atoms with Gasteiger partial charge in [0.1, 0.15) is 12.6 Å². The Morgan fingerprint density at radius 3 is 2.57 bits per heavy atom. The number of nitriles is 1. The number of hydrogen-bond acceptors (Lipinski definition) is 4. The van der Waals surface area contributed by atoms with Crippen LogP contribution in [-0.4, -0.2) is 43.0 Å². The standard InChI is InChI=1S/C22H21N3O3/c23-14-16-5-7-17(8-6-16)15-24-9-11-25(12-10-24)21(26)13-20-18-3-1-2-4-19(18)22(27)28-20/h1-8,20H,9-13,15H2/p+1/t20-/m0/s1. The van der Waals surface area contributed by atoms with Crippen molar-refractivity contribution in [1.29, 1.82) is 5.26 Å². The van der Waals surface area contributed by atoms with Crippen LogP contribution in [0.5, 0.6) is 0 Å². The van der Waals surface area contributed by atoms with E-state index >= 15 is 0 Å². The number of carbonyl (C=O) groups excluding carboxylic acids is 2. The molecule has 1 amide bonds. The summed E-state index contributed by atoms with van der Waals surface area (Å²) in [6, 6.07) is 17.1. The van der Waals surface area contributed by atoms with Gasteiger partial charge in [-0.1, -0.05) is 30.3 Å². The molecular weight excluding hydrogens is 354 g/mol. The Labute approximate surface area is 163 Å². The van der Waals surface area contributed by atoms with Crippen LogP contribution in [-0.2, 0) is 16.1 Å². The Bertz CT molecular complexity index is 925. The fraction of sp³-hybridized carbons (Fsp3) is 0.318. The highest BCUT2D eigenvalue weighted by Gasteiger charge is 2.34. The van der Waals surface area contributed by atoms with Gasteiger partial charge in [0, 0.05) is 11.1 Å². The molecule has 0 radical (unpaired) electrons. The average Bonchev–Trinajstić information content (AvgIpc) is 3.05. The zero-order valence-electron chi connectivity index (χ0n) is 15.6. The third kappa shape index (κ3) is 3.75. The number of esters is 1. The molecule has 142 valence electrons. The van der Waals surface area contributed by atoms with Crippen LogP contribution in [0.15, 0.2) is 48.5 Å². The Balaban J connectivity index is 1.30. The number of carbonyl (C=O) groups is 2. The summed E-state index contributed by atoms with van der Waals surface area (Å²) in [5.41, 5.74) is 3.24. The maximum Gasteiger partial charge on any atom is 0.339 e. The molecule has 0 aliphatic carbocycles. The van der Waals surface area contributed by atoms with Crippen LogP contribution in [0.4, 0.5) is 0 Å². The number of nitrogens with zero attached hydrogens (tertiary/aromatic N) is 2. The van der Waals surface area contributed by atoms with Crippen molar-refractivity contribution < 1.29 is 19.2 Å². The van der Waals surface area contributed by atoms with Gasteiger partial charge in [0.05, 0.1) is 49.8 Å². The Kier molecular flexibility index (Phi) is 5.09. The molecule has 2 heterocycles.